The van der Waals surface area contributed by atoms with Crippen LogP contribution in [0.25, 0.3) is 0 Å². The number of benzene rings is 1. The average Bonchev–Trinajstić information content (AvgIpc) is 2.82. The van der Waals surface area contributed by atoms with Gasteiger partial charge in [-0.3, -0.25) is 9.69 Å². The average molecular weight is 466 g/mol. The summed E-state index contributed by atoms with van der Waals surface area (Å²) in [5.41, 5.74) is 1.74. The standard InChI is InChI=1S/C25H35N7O2/c1-25(2,3)22(23-27-10-9-20(15-26)30-23)28-16-18-5-7-19(8-6-18)24(34)29-17-21(33)32-13-11-31(4)12-14-32/h5-10,21-22,28,33H,11-14,16-17H2,1-4H3,(H,29,34). The van der Waals surface area contributed by atoms with E-state index in [1.54, 1.807) is 24.4 Å². The molecule has 3 rings (SSSR count). The molecule has 182 valence electrons. The molecular formula is C25H35N7O2. The SMILES string of the molecule is CN1CCN(C(O)CNC(=O)c2ccc(CNC(c3nccc(C#N)n3)C(C)(C)C)cc2)CC1. The van der Waals surface area contributed by atoms with Gasteiger partial charge in [0.2, 0.25) is 0 Å². The minimum atomic E-state index is -0.683. The van der Waals surface area contributed by atoms with Crippen molar-refractivity contribution in [3.63, 3.8) is 0 Å². The molecular weight excluding hydrogens is 430 g/mol. The number of aromatic nitrogens is 2. The zero-order valence-electron chi connectivity index (χ0n) is 20.5. The summed E-state index contributed by atoms with van der Waals surface area (Å²) in [6.45, 7) is 10.4. The Morgan fingerprint density at radius 2 is 1.85 bits per heavy atom. The number of aliphatic hydroxyl groups is 1. The number of hydrogen-bond donors (Lipinski definition) is 3. The lowest BCUT2D eigenvalue weighted by Crippen LogP contribution is -2.52. The van der Waals surface area contributed by atoms with Crippen LogP contribution in [0.2, 0.25) is 0 Å². The van der Waals surface area contributed by atoms with Crippen molar-refractivity contribution in [3.05, 3.63) is 59.2 Å². The number of nitrogens with zero attached hydrogens (tertiary/aromatic N) is 5. The predicted molar refractivity (Wildman–Crippen MR) is 130 cm³/mol. The minimum absolute atomic E-state index is 0.153. The van der Waals surface area contributed by atoms with Crippen molar-refractivity contribution < 1.29 is 9.90 Å². The van der Waals surface area contributed by atoms with Crippen molar-refractivity contribution in [2.75, 3.05) is 39.8 Å². The number of amides is 1. The van der Waals surface area contributed by atoms with E-state index in [-0.39, 0.29) is 23.9 Å². The van der Waals surface area contributed by atoms with Crippen LogP contribution in [-0.2, 0) is 6.54 Å². The van der Waals surface area contributed by atoms with E-state index in [1.165, 1.54) is 0 Å². The Labute approximate surface area is 201 Å². The molecule has 0 saturated carbocycles. The van der Waals surface area contributed by atoms with Crippen molar-refractivity contribution in [2.45, 2.75) is 39.6 Å². The van der Waals surface area contributed by atoms with Crippen molar-refractivity contribution in [3.8, 4) is 6.07 Å². The molecule has 2 aromatic rings. The highest BCUT2D eigenvalue weighted by Crippen LogP contribution is 2.31. The number of hydrogen-bond acceptors (Lipinski definition) is 8. The van der Waals surface area contributed by atoms with Gasteiger partial charge >= 0.3 is 0 Å². The van der Waals surface area contributed by atoms with Crippen molar-refractivity contribution >= 4 is 5.91 Å². The van der Waals surface area contributed by atoms with Gasteiger partial charge in [0.25, 0.3) is 5.91 Å². The minimum Gasteiger partial charge on any atom is -0.377 e. The normalized spacial score (nSPS) is 17.1. The summed E-state index contributed by atoms with van der Waals surface area (Å²) in [7, 11) is 2.06. The van der Waals surface area contributed by atoms with Gasteiger partial charge in [-0.1, -0.05) is 32.9 Å². The van der Waals surface area contributed by atoms with Gasteiger partial charge in [-0.2, -0.15) is 5.26 Å². The summed E-state index contributed by atoms with van der Waals surface area (Å²) >= 11 is 0. The molecule has 34 heavy (non-hydrogen) atoms. The monoisotopic (exact) mass is 465 g/mol. The molecule has 1 amide bonds. The first kappa shape index (κ1) is 25.7. The van der Waals surface area contributed by atoms with E-state index in [1.807, 2.05) is 17.0 Å². The first-order chi connectivity index (χ1) is 16.2. The van der Waals surface area contributed by atoms with Gasteiger partial charge in [0.05, 0.1) is 12.6 Å². The second kappa shape index (κ2) is 11.5. The fraction of sp³-hybridized carbons (Fsp3) is 0.520. The number of aliphatic hydroxyl groups excluding tert-OH is 1. The fourth-order valence-corrected chi connectivity index (χ4v) is 3.89. The summed E-state index contributed by atoms with van der Waals surface area (Å²) in [5, 5.41) is 25.9. The molecule has 9 heteroatoms. The largest absolute Gasteiger partial charge is 0.377 e. The number of piperazine rings is 1. The molecule has 0 radical (unpaired) electrons. The Morgan fingerprint density at radius 3 is 2.47 bits per heavy atom. The summed E-state index contributed by atoms with van der Waals surface area (Å²) in [5.74, 6) is 0.378. The lowest BCUT2D eigenvalue weighted by molar-refractivity contribution is -0.0189. The highest BCUT2D eigenvalue weighted by Gasteiger charge is 2.28. The maximum atomic E-state index is 12.5. The highest BCUT2D eigenvalue weighted by atomic mass is 16.3. The molecule has 1 saturated heterocycles. The summed E-state index contributed by atoms with van der Waals surface area (Å²) in [6.07, 6.45) is 0.923. The van der Waals surface area contributed by atoms with Crippen molar-refractivity contribution in [1.82, 2.24) is 30.4 Å². The number of nitriles is 1. The van der Waals surface area contributed by atoms with E-state index in [2.05, 4.69) is 59.4 Å². The van der Waals surface area contributed by atoms with E-state index >= 15 is 0 Å². The Hall–Kier alpha value is -2.90. The van der Waals surface area contributed by atoms with E-state index in [0.29, 0.717) is 23.6 Å². The van der Waals surface area contributed by atoms with Crippen LogP contribution in [0.4, 0.5) is 0 Å². The number of likely N-dealkylation sites (N-methyl/N-ethyl adjacent to an activating group) is 1. The summed E-state index contributed by atoms with van der Waals surface area (Å²) in [6, 6.07) is 10.9. The maximum Gasteiger partial charge on any atom is 0.251 e. The summed E-state index contributed by atoms with van der Waals surface area (Å²) < 4.78 is 0. The number of carbonyl (C=O) groups excluding carboxylic acids is 1. The quantitative estimate of drug-likeness (QED) is 0.537. The van der Waals surface area contributed by atoms with Gasteiger partial charge in [0.15, 0.2) is 0 Å². The highest BCUT2D eigenvalue weighted by molar-refractivity contribution is 5.94. The van der Waals surface area contributed by atoms with Gasteiger partial charge in [-0.15, -0.1) is 0 Å². The Balaban J connectivity index is 1.55. The van der Waals surface area contributed by atoms with Crippen LogP contribution in [0.1, 0.15) is 54.3 Å². The van der Waals surface area contributed by atoms with E-state index < -0.39 is 6.23 Å². The van der Waals surface area contributed by atoms with E-state index in [9.17, 15) is 9.90 Å². The molecule has 0 spiro atoms. The van der Waals surface area contributed by atoms with Crippen LogP contribution in [-0.4, -0.2) is 76.8 Å². The second-order valence-electron chi connectivity index (χ2n) is 9.82. The van der Waals surface area contributed by atoms with Crippen LogP contribution in [0.5, 0.6) is 0 Å². The molecule has 0 aliphatic carbocycles. The van der Waals surface area contributed by atoms with Crippen LogP contribution in [0.3, 0.4) is 0 Å². The molecule has 9 nitrogen and oxygen atoms in total. The van der Waals surface area contributed by atoms with Gasteiger partial charge < -0.3 is 20.6 Å². The molecule has 0 bridgehead atoms. The van der Waals surface area contributed by atoms with Gasteiger partial charge in [0, 0.05) is 44.5 Å². The predicted octanol–water partition coefficient (Wildman–Crippen LogP) is 1.52. The molecule has 2 unspecified atom stereocenters. The first-order valence-electron chi connectivity index (χ1n) is 11.6. The summed E-state index contributed by atoms with van der Waals surface area (Å²) in [4.78, 5) is 25.5. The molecule has 1 aliphatic heterocycles. The molecule has 1 aromatic carbocycles. The van der Waals surface area contributed by atoms with Crippen LogP contribution in [0, 0.1) is 16.7 Å². The molecule has 2 heterocycles. The third-order valence-corrected chi connectivity index (χ3v) is 6.04. The third kappa shape index (κ3) is 7.05. The van der Waals surface area contributed by atoms with E-state index in [0.717, 1.165) is 31.7 Å². The van der Waals surface area contributed by atoms with Crippen LogP contribution in [0.15, 0.2) is 36.5 Å². The molecule has 1 aromatic heterocycles. The lowest BCUT2D eigenvalue weighted by atomic mass is 9.86. The maximum absolute atomic E-state index is 12.5. The first-order valence-corrected chi connectivity index (χ1v) is 11.6. The molecule has 1 aliphatic rings. The second-order valence-corrected chi connectivity index (χ2v) is 9.82. The van der Waals surface area contributed by atoms with Crippen molar-refractivity contribution in [1.29, 1.82) is 5.26 Å². The fourth-order valence-electron chi connectivity index (χ4n) is 3.89. The van der Waals surface area contributed by atoms with Gasteiger partial charge in [-0.25, -0.2) is 9.97 Å². The zero-order chi connectivity index (χ0) is 24.7. The Morgan fingerprint density at radius 1 is 1.18 bits per heavy atom. The smallest absolute Gasteiger partial charge is 0.251 e. The molecule has 3 N–H and O–H groups in total. The van der Waals surface area contributed by atoms with Crippen molar-refractivity contribution in [2.24, 2.45) is 5.41 Å². The molecule has 1 fully saturated rings. The number of nitrogens with one attached hydrogen (secondary N) is 2. The topological polar surface area (TPSA) is 117 Å². The Bertz CT molecular complexity index is 990. The molecule has 2 atom stereocenters. The van der Waals surface area contributed by atoms with Crippen LogP contribution >= 0.6 is 0 Å². The van der Waals surface area contributed by atoms with E-state index in [4.69, 9.17) is 5.26 Å². The van der Waals surface area contributed by atoms with Gasteiger partial charge in [-0.05, 0) is 36.2 Å². The number of rotatable bonds is 8. The number of carbonyl (C=O) groups is 1. The van der Waals surface area contributed by atoms with Crippen LogP contribution < -0.4 is 10.6 Å². The lowest BCUT2D eigenvalue weighted by Gasteiger charge is -2.35. The third-order valence-electron chi connectivity index (χ3n) is 6.04. The zero-order valence-corrected chi connectivity index (χ0v) is 20.5. The Kier molecular flexibility index (Phi) is 8.69. The van der Waals surface area contributed by atoms with Gasteiger partial charge in [0.1, 0.15) is 23.8 Å².